The summed E-state index contributed by atoms with van der Waals surface area (Å²) in [5, 5.41) is 16.2. The largest absolute Gasteiger partial charge is 0.481 e. The Balaban J connectivity index is 1.63. The normalized spacial score (nSPS) is 26.4. The molecule has 9 heteroatoms. The SMILES string of the molecule is Cc1cc(N2CCC(NC(=O)N3CCC(C)(C(=O)O)C3)C2=O)n(C)n1. The third kappa shape index (κ3) is 3.06. The van der Waals surface area contributed by atoms with E-state index in [1.165, 1.54) is 4.90 Å². The van der Waals surface area contributed by atoms with Crippen LogP contribution in [0.5, 0.6) is 0 Å². The molecule has 2 unspecified atom stereocenters. The smallest absolute Gasteiger partial charge is 0.318 e. The number of carboxylic acid groups (broad SMARTS) is 1. The number of rotatable bonds is 3. The van der Waals surface area contributed by atoms with Gasteiger partial charge in [-0.3, -0.25) is 19.2 Å². The van der Waals surface area contributed by atoms with E-state index in [1.807, 2.05) is 13.0 Å². The summed E-state index contributed by atoms with van der Waals surface area (Å²) in [6.07, 6.45) is 0.924. The molecule has 2 N–H and O–H groups in total. The molecule has 0 saturated carbocycles. The molecule has 25 heavy (non-hydrogen) atoms. The van der Waals surface area contributed by atoms with Gasteiger partial charge in [-0.25, -0.2) is 4.79 Å². The minimum atomic E-state index is -0.921. The number of hydrogen-bond acceptors (Lipinski definition) is 4. The van der Waals surface area contributed by atoms with Gasteiger partial charge in [0.15, 0.2) is 0 Å². The molecule has 3 rings (SSSR count). The van der Waals surface area contributed by atoms with Crippen molar-refractivity contribution < 1.29 is 19.5 Å². The Morgan fingerprint density at radius 2 is 2.12 bits per heavy atom. The van der Waals surface area contributed by atoms with Gasteiger partial charge in [0.2, 0.25) is 0 Å². The number of anilines is 1. The van der Waals surface area contributed by atoms with Gasteiger partial charge in [0.05, 0.1) is 11.1 Å². The van der Waals surface area contributed by atoms with Crippen molar-refractivity contribution in [1.82, 2.24) is 20.0 Å². The number of nitrogens with zero attached hydrogens (tertiary/aromatic N) is 4. The molecular weight excluding hydrogens is 326 g/mol. The minimum absolute atomic E-state index is 0.152. The van der Waals surface area contributed by atoms with Crippen LogP contribution in [0.2, 0.25) is 0 Å². The van der Waals surface area contributed by atoms with E-state index in [0.717, 1.165) is 5.69 Å². The molecule has 2 aliphatic rings. The molecule has 2 aliphatic heterocycles. The second-order valence-corrected chi connectivity index (χ2v) is 7.09. The molecule has 1 aromatic heterocycles. The summed E-state index contributed by atoms with van der Waals surface area (Å²) in [7, 11) is 1.78. The number of carboxylic acids is 1. The lowest BCUT2D eigenvalue weighted by molar-refractivity contribution is -0.147. The number of likely N-dealkylation sites (tertiary alicyclic amines) is 1. The van der Waals surface area contributed by atoms with Crippen molar-refractivity contribution in [1.29, 1.82) is 0 Å². The van der Waals surface area contributed by atoms with Gasteiger partial charge >= 0.3 is 12.0 Å². The number of carbonyl (C=O) groups is 3. The molecule has 2 fully saturated rings. The maximum atomic E-state index is 12.6. The highest BCUT2D eigenvalue weighted by molar-refractivity contribution is 6.00. The fourth-order valence-corrected chi connectivity index (χ4v) is 3.44. The van der Waals surface area contributed by atoms with Gasteiger partial charge in [0.25, 0.3) is 5.91 Å². The number of amides is 3. The van der Waals surface area contributed by atoms with E-state index in [2.05, 4.69) is 10.4 Å². The Bertz CT molecular complexity index is 730. The quantitative estimate of drug-likeness (QED) is 0.818. The second-order valence-electron chi connectivity index (χ2n) is 7.09. The number of hydrogen-bond donors (Lipinski definition) is 2. The number of aromatic nitrogens is 2. The van der Waals surface area contributed by atoms with Crippen LogP contribution in [-0.2, 0) is 16.6 Å². The van der Waals surface area contributed by atoms with E-state index in [1.54, 1.807) is 23.6 Å². The minimum Gasteiger partial charge on any atom is -0.481 e. The maximum absolute atomic E-state index is 12.6. The summed E-state index contributed by atoms with van der Waals surface area (Å²) < 4.78 is 1.65. The topological polar surface area (TPSA) is 108 Å². The van der Waals surface area contributed by atoms with Gasteiger partial charge < -0.3 is 15.3 Å². The number of urea groups is 1. The monoisotopic (exact) mass is 349 g/mol. The molecule has 2 atom stereocenters. The zero-order chi connectivity index (χ0) is 18.4. The predicted octanol–water partition coefficient (Wildman–Crippen LogP) is 0.340. The molecule has 0 spiro atoms. The van der Waals surface area contributed by atoms with Crippen LogP contribution in [0.15, 0.2) is 6.07 Å². The third-order valence-corrected chi connectivity index (χ3v) is 5.03. The van der Waals surface area contributed by atoms with Crippen LogP contribution in [-0.4, -0.2) is 63.4 Å². The zero-order valence-electron chi connectivity index (χ0n) is 14.7. The summed E-state index contributed by atoms with van der Waals surface area (Å²) in [5.74, 6) is -0.368. The van der Waals surface area contributed by atoms with Gasteiger partial charge in [-0.15, -0.1) is 0 Å². The van der Waals surface area contributed by atoms with Crippen molar-refractivity contribution >= 4 is 23.7 Å². The summed E-state index contributed by atoms with van der Waals surface area (Å²) in [4.78, 5) is 39.4. The Labute approximate surface area is 145 Å². The van der Waals surface area contributed by atoms with E-state index in [4.69, 9.17) is 0 Å². The van der Waals surface area contributed by atoms with Crippen molar-refractivity contribution in [3.8, 4) is 0 Å². The lowest BCUT2D eigenvalue weighted by atomic mass is 9.90. The van der Waals surface area contributed by atoms with Crippen molar-refractivity contribution in [2.75, 3.05) is 24.5 Å². The van der Waals surface area contributed by atoms with E-state index < -0.39 is 17.4 Å². The van der Waals surface area contributed by atoms with Crippen LogP contribution in [0.1, 0.15) is 25.5 Å². The van der Waals surface area contributed by atoms with Crippen LogP contribution in [0.25, 0.3) is 0 Å². The Morgan fingerprint density at radius 3 is 2.68 bits per heavy atom. The van der Waals surface area contributed by atoms with Crippen LogP contribution >= 0.6 is 0 Å². The molecule has 0 radical (unpaired) electrons. The fraction of sp³-hybridized carbons (Fsp3) is 0.625. The van der Waals surface area contributed by atoms with Crippen LogP contribution in [0.3, 0.4) is 0 Å². The number of aryl methyl sites for hydroxylation is 2. The molecule has 0 aromatic carbocycles. The van der Waals surface area contributed by atoms with Gasteiger partial charge in [-0.05, 0) is 26.7 Å². The first-order chi connectivity index (χ1) is 11.7. The van der Waals surface area contributed by atoms with E-state index in [-0.39, 0.29) is 18.5 Å². The number of carbonyl (C=O) groups excluding carboxylic acids is 2. The van der Waals surface area contributed by atoms with Crippen molar-refractivity contribution in [2.24, 2.45) is 12.5 Å². The molecule has 3 heterocycles. The Morgan fingerprint density at radius 1 is 1.40 bits per heavy atom. The average molecular weight is 349 g/mol. The second kappa shape index (κ2) is 6.05. The van der Waals surface area contributed by atoms with Crippen LogP contribution < -0.4 is 10.2 Å². The lowest BCUT2D eigenvalue weighted by Crippen LogP contribution is -2.48. The summed E-state index contributed by atoms with van der Waals surface area (Å²) in [5.41, 5.74) is -0.0993. The molecule has 0 bridgehead atoms. The standard InChI is InChI=1S/C16H23N5O4/c1-10-8-12(19(3)18-10)21-6-4-11(13(21)22)17-15(25)20-7-5-16(2,9-20)14(23)24/h8,11H,4-7,9H2,1-3H3,(H,17,25)(H,23,24). The number of nitrogens with one attached hydrogen (secondary N) is 1. The highest BCUT2D eigenvalue weighted by Crippen LogP contribution is 2.30. The van der Waals surface area contributed by atoms with E-state index in [9.17, 15) is 19.5 Å². The van der Waals surface area contributed by atoms with Crippen molar-refractivity contribution in [3.05, 3.63) is 11.8 Å². The van der Waals surface area contributed by atoms with E-state index >= 15 is 0 Å². The van der Waals surface area contributed by atoms with Crippen LogP contribution in [0.4, 0.5) is 10.6 Å². The highest BCUT2D eigenvalue weighted by Gasteiger charge is 2.43. The Hall–Kier alpha value is -2.58. The van der Waals surface area contributed by atoms with Crippen molar-refractivity contribution in [2.45, 2.75) is 32.7 Å². The maximum Gasteiger partial charge on any atom is 0.318 e. The number of aliphatic carboxylic acids is 1. The highest BCUT2D eigenvalue weighted by atomic mass is 16.4. The Kier molecular flexibility index (Phi) is 4.18. The first-order valence-corrected chi connectivity index (χ1v) is 8.32. The summed E-state index contributed by atoms with van der Waals surface area (Å²) in [6, 6.07) is 0.853. The molecule has 9 nitrogen and oxygen atoms in total. The van der Waals surface area contributed by atoms with Gasteiger partial charge in [0, 0.05) is 32.7 Å². The fourth-order valence-electron chi connectivity index (χ4n) is 3.44. The third-order valence-electron chi connectivity index (χ3n) is 5.03. The molecule has 1 aromatic rings. The zero-order valence-corrected chi connectivity index (χ0v) is 14.7. The first kappa shape index (κ1) is 17.2. The predicted molar refractivity (Wildman–Crippen MR) is 89.2 cm³/mol. The first-order valence-electron chi connectivity index (χ1n) is 8.32. The molecule has 3 amide bonds. The van der Waals surface area contributed by atoms with Gasteiger partial charge in [0.1, 0.15) is 11.9 Å². The lowest BCUT2D eigenvalue weighted by Gasteiger charge is -2.22. The molecule has 2 saturated heterocycles. The van der Waals surface area contributed by atoms with Gasteiger partial charge in [-0.1, -0.05) is 0 Å². The summed E-state index contributed by atoms with van der Waals surface area (Å²) in [6.45, 7) is 4.53. The van der Waals surface area contributed by atoms with Crippen LogP contribution in [0, 0.1) is 12.3 Å². The molecule has 0 aliphatic carbocycles. The van der Waals surface area contributed by atoms with E-state index in [0.29, 0.717) is 31.7 Å². The summed E-state index contributed by atoms with van der Waals surface area (Å²) >= 11 is 0. The average Bonchev–Trinajstić information content (AvgIpc) is 3.19. The molecular formula is C16H23N5O4. The van der Waals surface area contributed by atoms with Gasteiger partial charge in [-0.2, -0.15) is 5.10 Å². The van der Waals surface area contributed by atoms with Crippen molar-refractivity contribution in [3.63, 3.8) is 0 Å². The molecule has 136 valence electrons.